The van der Waals surface area contributed by atoms with Gasteiger partial charge in [-0.3, -0.25) is 20.2 Å². The van der Waals surface area contributed by atoms with E-state index in [4.69, 9.17) is 9.47 Å². The quantitative estimate of drug-likeness (QED) is 0.536. The molecule has 1 aliphatic rings. The van der Waals surface area contributed by atoms with Crippen LogP contribution in [0.3, 0.4) is 0 Å². The van der Waals surface area contributed by atoms with Gasteiger partial charge < -0.3 is 9.47 Å². The van der Waals surface area contributed by atoms with Crippen molar-refractivity contribution in [3.8, 4) is 0 Å². The molecule has 0 amide bonds. The topological polar surface area (TPSA) is 76.7 Å². The molecule has 0 aromatic rings. The number of nitrogens with one attached hydrogen (secondary N) is 2. The van der Waals surface area contributed by atoms with E-state index >= 15 is 0 Å². The van der Waals surface area contributed by atoms with E-state index in [-0.39, 0.29) is 0 Å². The van der Waals surface area contributed by atoms with Gasteiger partial charge in [-0.1, -0.05) is 0 Å². The van der Waals surface area contributed by atoms with Crippen molar-refractivity contribution in [2.45, 2.75) is 26.3 Å². The first-order valence-corrected chi connectivity index (χ1v) is 3.91. The maximum Gasteiger partial charge on any atom is 0.304 e. The Morgan fingerprint density at radius 2 is 1.46 bits per heavy atom. The molecule has 0 aromatic carbocycles. The second kappa shape index (κ2) is 4.20. The van der Waals surface area contributed by atoms with E-state index in [1.165, 1.54) is 13.8 Å². The Labute approximate surface area is 75.6 Å². The highest BCUT2D eigenvalue weighted by Gasteiger charge is 2.31. The summed E-state index contributed by atoms with van der Waals surface area (Å²) in [7, 11) is 0. The monoisotopic (exact) mass is 188 g/mol. The van der Waals surface area contributed by atoms with Gasteiger partial charge in [-0.05, 0) is 0 Å². The fourth-order valence-corrected chi connectivity index (χ4v) is 1.04. The van der Waals surface area contributed by atoms with Crippen molar-refractivity contribution in [2.24, 2.45) is 0 Å². The van der Waals surface area contributed by atoms with Crippen LogP contribution in [0.2, 0.25) is 0 Å². The normalized spacial score (nSPS) is 26.9. The summed E-state index contributed by atoms with van der Waals surface area (Å²) < 4.78 is 9.67. The van der Waals surface area contributed by atoms with Crippen molar-refractivity contribution >= 4 is 11.9 Å². The van der Waals surface area contributed by atoms with Crippen LogP contribution < -0.4 is 10.6 Å². The first kappa shape index (κ1) is 9.94. The van der Waals surface area contributed by atoms with Gasteiger partial charge in [0.2, 0.25) is 12.5 Å². The molecule has 6 nitrogen and oxygen atoms in total. The SMILES string of the molecule is CC(=O)OC1NCNC1OC(C)=O. The minimum atomic E-state index is -0.596. The third-order valence-electron chi connectivity index (χ3n) is 1.47. The van der Waals surface area contributed by atoms with Crippen LogP contribution in [0.15, 0.2) is 0 Å². The average Bonchev–Trinajstić information content (AvgIpc) is 2.34. The highest BCUT2D eigenvalue weighted by atomic mass is 16.6. The molecular weight excluding hydrogens is 176 g/mol. The number of carbonyl (C=O) groups is 2. The van der Waals surface area contributed by atoms with Crippen LogP contribution in [0, 0.1) is 0 Å². The van der Waals surface area contributed by atoms with Crippen LogP contribution in [-0.4, -0.2) is 31.1 Å². The third-order valence-corrected chi connectivity index (χ3v) is 1.47. The predicted molar refractivity (Wildman–Crippen MR) is 42.2 cm³/mol. The molecule has 2 N–H and O–H groups in total. The summed E-state index contributed by atoms with van der Waals surface area (Å²) in [5.74, 6) is -0.836. The van der Waals surface area contributed by atoms with Crippen LogP contribution in [0.1, 0.15) is 13.8 Å². The van der Waals surface area contributed by atoms with E-state index in [1.807, 2.05) is 0 Å². The van der Waals surface area contributed by atoms with E-state index < -0.39 is 24.4 Å². The van der Waals surface area contributed by atoms with E-state index in [2.05, 4.69) is 10.6 Å². The Morgan fingerprint density at radius 3 is 1.77 bits per heavy atom. The molecule has 0 radical (unpaired) electrons. The lowest BCUT2D eigenvalue weighted by molar-refractivity contribution is -0.165. The molecular formula is C7H12N2O4. The van der Waals surface area contributed by atoms with Gasteiger partial charge in [-0.25, -0.2) is 0 Å². The van der Waals surface area contributed by atoms with Crippen LogP contribution in [0.5, 0.6) is 0 Å². The fraction of sp³-hybridized carbons (Fsp3) is 0.714. The number of ether oxygens (including phenoxy) is 2. The Balaban J connectivity index is 2.43. The van der Waals surface area contributed by atoms with Crippen molar-refractivity contribution in [1.29, 1.82) is 0 Å². The van der Waals surface area contributed by atoms with Crippen molar-refractivity contribution in [3.05, 3.63) is 0 Å². The summed E-state index contributed by atoms with van der Waals surface area (Å²) >= 11 is 0. The van der Waals surface area contributed by atoms with Crippen LogP contribution >= 0.6 is 0 Å². The molecule has 6 heteroatoms. The Kier molecular flexibility index (Phi) is 3.21. The van der Waals surface area contributed by atoms with Crippen molar-refractivity contribution < 1.29 is 19.1 Å². The molecule has 0 aromatic heterocycles. The lowest BCUT2D eigenvalue weighted by Gasteiger charge is -2.17. The van der Waals surface area contributed by atoms with Crippen molar-refractivity contribution in [1.82, 2.24) is 10.6 Å². The fourth-order valence-electron chi connectivity index (χ4n) is 1.04. The second-order valence-corrected chi connectivity index (χ2v) is 2.65. The molecule has 0 saturated carbocycles. The second-order valence-electron chi connectivity index (χ2n) is 2.65. The summed E-state index contributed by atoms with van der Waals surface area (Å²) in [4.78, 5) is 21.2. The van der Waals surface area contributed by atoms with Gasteiger partial charge in [0, 0.05) is 13.8 Å². The first-order chi connectivity index (χ1) is 6.09. The number of rotatable bonds is 2. The van der Waals surface area contributed by atoms with E-state index in [9.17, 15) is 9.59 Å². The molecule has 13 heavy (non-hydrogen) atoms. The lowest BCUT2D eigenvalue weighted by atomic mass is 10.5. The maximum atomic E-state index is 10.6. The van der Waals surface area contributed by atoms with Crippen LogP contribution in [0.4, 0.5) is 0 Å². The summed E-state index contributed by atoms with van der Waals surface area (Å²) in [5, 5.41) is 5.62. The number of esters is 2. The average molecular weight is 188 g/mol. The van der Waals surface area contributed by atoms with Gasteiger partial charge in [-0.2, -0.15) is 0 Å². The van der Waals surface area contributed by atoms with Gasteiger partial charge in [0.1, 0.15) is 0 Å². The summed E-state index contributed by atoms with van der Waals surface area (Å²) in [6.45, 7) is 3.03. The van der Waals surface area contributed by atoms with Gasteiger partial charge in [0.05, 0.1) is 6.67 Å². The zero-order chi connectivity index (χ0) is 9.84. The molecule has 2 unspecified atom stereocenters. The molecule has 0 aliphatic carbocycles. The third kappa shape index (κ3) is 3.00. The molecule has 1 rings (SSSR count). The largest absolute Gasteiger partial charge is 0.441 e. The molecule has 1 aliphatic heterocycles. The number of hydrogen-bond donors (Lipinski definition) is 2. The van der Waals surface area contributed by atoms with Crippen LogP contribution in [-0.2, 0) is 19.1 Å². The Hall–Kier alpha value is -1.14. The maximum absolute atomic E-state index is 10.6. The molecule has 0 bridgehead atoms. The molecule has 0 spiro atoms. The van der Waals surface area contributed by atoms with E-state index in [1.54, 1.807) is 0 Å². The van der Waals surface area contributed by atoms with Gasteiger partial charge in [-0.15, -0.1) is 0 Å². The summed E-state index contributed by atoms with van der Waals surface area (Å²) in [6.07, 6.45) is -1.19. The van der Waals surface area contributed by atoms with E-state index in [0.29, 0.717) is 6.67 Å². The molecule has 1 heterocycles. The summed E-state index contributed by atoms with van der Waals surface area (Å²) in [5.41, 5.74) is 0. The molecule has 2 atom stereocenters. The molecule has 1 fully saturated rings. The number of carbonyl (C=O) groups excluding carboxylic acids is 2. The molecule has 1 saturated heterocycles. The van der Waals surface area contributed by atoms with Gasteiger partial charge >= 0.3 is 11.9 Å². The van der Waals surface area contributed by atoms with Gasteiger partial charge in [0.25, 0.3) is 0 Å². The smallest absolute Gasteiger partial charge is 0.304 e. The highest BCUT2D eigenvalue weighted by Crippen LogP contribution is 2.03. The summed E-state index contributed by atoms with van der Waals surface area (Å²) in [6, 6.07) is 0. The predicted octanol–water partition coefficient (Wildman–Crippen LogP) is -1.08. The van der Waals surface area contributed by atoms with Crippen molar-refractivity contribution in [3.63, 3.8) is 0 Å². The minimum absolute atomic E-state index is 0.418. The highest BCUT2D eigenvalue weighted by molar-refractivity contribution is 5.67. The first-order valence-electron chi connectivity index (χ1n) is 3.91. The zero-order valence-electron chi connectivity index (χ0n) is 7.49. The minimum Gasteiger partial charge on any atom is -0.441 e. The van der Waals surface area contributed by atoms with Crippen molar-refractivity contribution in [2.75, 3.05) is 6.67 Å². The van der Waals surface area contributed by atoms with Gasteiger partial charge in [0.15, 0.2) is 0 Å². The zero-order valence-corrected chi connectivity index (χ0v) is 7.49. The van der Waals surface area contributed by atoms with Crippen LogP contribution in [0.25, 0.3) is 0 Å². The molecule has 74 valence electrons. The Bertz CT molecular complexity index is 197. The Morgan fingerprint density at radius 1 is 1.08 bits per heavy atom. The lowest BCUT2D eigenvalue weighted by Crippen LogP contribution is -2.40. The van der Waals surface area contributed by atoms with E-state index in [0.717, 1.165) is 0 Å². The number of hydrogen-bond acceptors (Lipinski definition) is 6. The standard InChI is InChI=1S/C7H12N2O4/c1-4(10)12-6-7(9-3-8-6)13-5(2)11/h6-9H,3H2,1-2H3.